The summed E-state index contributed by atoms with van der Waals surface area (Å²) in [4.78, 5) is 0. The van der Waals surface area contributed by atoms with Gasteiger partial charge in [0.05, 0.1) is 11.4 Å². The van der Waals surface area contributed by atoms with Gasteiger partial charge in [-0.1, -0.05) is 0 Å². The van der Waals surface area contributed by atoms with E-state index in [9.17, 15) is 0 Å². The Kier molecular flexibility index (Phi) is 9.45. The fraction of sp³-hybridized carbons (Fsp3) is 0.391. The van der Waals surface area contributed by atoms with Gasteiger partial charge < -0.3 is 5.41 Å². The summed E-state index contributed by atoms with van der Waals surface area (Å²) in [6.07, 6.45) is 18.7. The van der Waals surface area contributed by atoms with Gasteiger partial charge in [-0.2, -0.15) is 10.2 Å². The van der Waals surface area contributed by atoms with E-state index in [2.05, 4.69) is 41.5 Å². The summed E-state index contributed by atoms with van der Waals surface area (Å²) in [5.74, 6) is 0. The molecule has 0 unspecified atom stereocenters. The van der Waals surface area contributed by atoms with Crippen molar-refractivity contribution in [1.29, 1.82) is 5.41 Å². The van der Waals surface area contributed by atoms with Crippen molar-refractivity contribution in [1.82, 2.24) is 5.43 Å². The van der Waals surface area contributed by atoms with Crippen LogP contribution in [-0.4, -0.2) is 60.0 Å². The fourth-order valence-corrected chi connectivity index (χ4v) is 4.07. The number of hydrazone groups is 1. The molecular weight excluding hydrogens is 579 g/mol. The summed E-state index contributed by atoms with van der Waals surface area (Å²) >= 11 is 0.842. The van der Waals surface area contributed by atoms with Crippen molar-refractivity contribution in [3.63, 3.8) is 0 Å². The molecule has 3 aliphatic rings. The fourth-order valence-electron chi connectivity index (χ4n) is 3.13. The molecule has 0 atom stereocenters. The molecule has 2 N–H and O–H groups in total. The molecule has 0 aromatic carbocycles. The van der Waals surface area contributed by atoms with E-state index >= 15 is 0 Å². The molecule has 0 aliphatic heterocycles. The summed E-state index contributed by atoms with van der Waals surface area (Å²) in [5, 5.41) is 29.6. The van der Waals surface area contributed by atoms with Crippen LogP contribution >= 0.6 is 0 Å². The van der Waals surface area contributed by atoms with E-state index in [0.29, 0.717) is 5.71 Å². The van der Waals surface area contributed by atoms with E-state index in [1.165, 1.54) is 5.70 Å². The molecule has 158 valence electrons. The first-order valence-corrected chi connectivity index (χ1v) is 13.4. The monoisotopic (exact) mass is 607 g/mol. The van der Waals surface area contributed by atoms with Crippen molar-refractivity contribution in [2.45, 2.75) is 58.3 Å². The van der Waals surface area contributed by atoms with E-state index in [4.69, 9.17) is 5.41 Å². The predicted octanol–water partition coefficient (Wildman–Crippen LogP) is 4.41. The van der Waals surface area contributed by atoms with Crippen LogP contribution in [0.15, 0.2) is 71.3 Å². The molecule has 0 amide bonds. The SMILES string of the molecule is CCC/C(=[CH]\[Tl])NN=C1C=CC(=NN=C2C=CC(=NN=C3C=CC(=N)CC3)CC2)CC1. The third-order valence-electron chi connectivity index (χ3n) is 5.02. The Morgan fingerprint density at radius 3 is 1.65 bits per heavy atom. The minimum atomic E-state index is 0.649. The van der Waals surface area contributed by atoms with E-state index in [-0.39, 0.29) is 0 Å². The molecule has 0 bridgehead atoms. The van der Waals surface area contributed by atoms with Crippen LogP contribution in [0.1, 0.15) is 58.3 Å². The second-order valence-corrected chi connectivity index (χ2v) is 8.84. The van der Waals surface area contributed by atoms with Gasteiger partial charge in [-0.25, -0.2) is 0 Å². The number of nitrogens with one attached hydrogen (secondary N) is 2. The van der Waals surface area contributed by atoms with Crippen LogP contribution in [0, 0.1) is 5.41 Å². The van der Waals surface area contributed by atoms with E-state index in [1.54, 1.807) is 6.08 Å². The van der Waals surface area contributed by atoms with Crippen LogP contribution < -0.4 is 5.43 Å². The Morgan fingerprint density at radius 1 is 0.806 bits per heavy atom. The van der Waals surface area contributed by atoms with Crippen LogP contribution in [0.25, 0.3) is 0 Å². The topological polar surface area (TPSA) is 97.7 Å². The average molecular weight is 607 g/mol. The number of allylic oxidation sites excluding steroid dienone is 7. The van der Waals surface area contributed by atoms with E-state index in [1.807, 2.05) is 30.4 Å². The van der Waals surface area contributed by atoms with Gasteiger partial charge in [0.25, 0.3) is 0 Å². The second kappa shape index (κ2) is 12.5. The zero-order valence-electron chi connectivity index (χ0n) is 18.0. The molecular formula is C23H28N7Tl. The first kappa shape index (κ1) is 23.4. The molecule has 7 nitrogen and oxygen atoms in total. The summed E-state index contributed by atoms with van der Waals surface area (Å²) in [7, 11) is 0. The molecule has 8 heteroatoms. The molecule has 0 aromatic heterocycles. The van der Waals surface area contributed by atoms with Gasteiger partial charge in [0.15, 0.2) is 0 Å². The maximum atomic E-state index is 7.58. The normalized spacial score (nSPS) is 26.0. The van der Waals surface area contributed by atoms with Crippen LogP contribution in [0.4, 0.5) is 0 Å². The Balaban J connectivity index is 1.54. The molecule has 0 fully saturated rings. The number of nitrogens with zero attached hydrogens (tertiary/aromatic N) is 5. The third-order valence-corrected chi connectivity index (χ3v) is 6.58. The van der Waals surface area contributed by atoms with Crippen molar-refractivity contribution in [2.24, 2.45) is 25.5 Å². The maximum absolute atomic E-state index is 7.58. The van der Waals surface area contributed by atoms with Crippen LogP contribution in [0.2, 0.25) is 0 Å². The van der Waals surface area contributed by atoms with Gasteiger partial charge in [0.1, 0.15) is 0 Å². The molecule has 0 saturated carbocycles. The van der Waals surface area contributed by atoms with Crippen molar-refractivity contribution in [3.8, 4) is 0 Å². The molecule has 0 heterocycles. The Bertz CT molecular complexity index is 958. The van der Waals surface area contributed by atoms with Gasteiger partial charge in [-0.3, -0.25) is 0 Å². The number of rotatable bonds is 6. The van der Waals surface area contributed by atoms with Crippen molar-refractivity contribution in [3.05, 3.63) is 45.8 Å². The third kappa shape index (κ3) is 8.04. The van der Waals surface area contributed by atoms with Gasteiger partial charge in [0, 0.05) is 5.71 Å². The zero-order valence-corrected chi connectivity index (χ0v) is 22.5. The van der Waals surface area contributed by atoms with Gasteiger partial charge in [-0.15, -0.1) is 0 Å². The van der Waals surface area contributed by atoms with Crippen LogP contribution in [0.5, 0.6) is 0 Å². The van der Waals surface area contributed by atoms with E-state index in [0.717, 1.165) is 106 Å². The zero-order chi connectivity index (χ0) is 21.9. The van der Waals surface area contributed by atoms with Crippen LogP contribution in [-0.2, 0) is 0 Å². The van der Waals surface area contributed by atoms with Gasteiger partial charge >= 0.3 is 130 Å². The molecule has 0 radical (unpaired) electrons. The Morgan fingerprint density at radius 2 is 1.26 bits per heavy atom. The van der Waals surface area contributed by atoms with Gasteiger partial charge in [-0.05, 0) is 37.5 Å². The first-order valence-electron chi connectivity index (χ1n) is 10.8. The summed E-state index contributed by atoms with van der Waals surface area (Å²) < 4.78 is 2.24. The quantitative estimate of drug-likeness (QED) is 0.340. The molecule has 31 heavy (non-hydrogen) atoms. The molecule has 0 spiro atoms. The number of hydrogen-bond acceptors (Lipinski definition) is 7. The predicted molar refractivity (Wildman–Crippen MR) is 132 cm³/mol. The standard InChI is InChI=1S/C23H28N7.Tl/c1-3-4-17(2)25-26-20-9-11-21(12-10-20)29-30-23-15-13-22(14-16-23)28-27-19-7-5-18(24)6-8-19;/h2,5,7,9,11,13,15,24-25H,3-4,6,8,10,12,14,16H2,1H3;. The minimum absolute atomic E-state index is 0.649. The Labute approximate surface area is 199 Å². The number of hydrogen-bond donors (Lipinski definition) is 2. The average Bonchev–Trinajstić information content (AvgIpc) is 2.81. The van der Waals surface area contributed by atoms with Gasteiger partial charge in [0.2, 0.25) is 0 Å². The van der Waals surface area contributed by atoms with Crippen LogP contribution in [0.3, 0.4) is 0 Å². The van der Waals surface area contributed by atoms with Crippen molar-refractivity contribution >= 4 is 60.0 Å². The molecule has 0 saturated heterocycles. The summed E-state index contributed by atoms with van der Waals surface area (Å²) in [6.45, 7) is 2.18. The molecule has 3 aliphatic carbocycles. The molecule has 0 aromatic rings. The first-order chi connectivity index (χ1) is 15.2. The molecule has 3 rings (SSSR count). The van der Waals surface area contributed by atoms with E-state index < -0.39 is 0 Å². The summed E-state index contributed by atoms with van der Waals surface area (Å²) in [5.41, 5.74) is 9.96. The summed E-state index contributed by atoms with van der Waals surface area (Å²) in [6, 6.07) is 0. The van der Waals surface area contributed by atoms with Crippen molar-refractivity contribution < 1.29 is 0 Å². The van der Waals surface area contributed by atoms with Crippen molar-refractivity contribution in [2.75, 3.05) is 0 Å². The Hall–Kier alpha value is -2.30. The second-order valence-electron chi connectivity index (χ2n) is 7.55.